The number of ether oxygens (including phenoxy) is 6. The second-order valence-corrected chi connectivity index (χ2v) is 24.6. The van der Waals surface area contributed by atoms with E-state index in [2.05, 4.69) is 16.0 Å². The summed E-state index contributed by atoms with van der Waals surface area (Å²) in [4.78, 5) is 120. The Morgan fingerprint density at radius 2 is 0.616 bits per heavy atom. The molecule has 6 fully saturated rings. The summed E-state index contributed by atoms with van der Waals surface area (Å²) in [5.41, 5.74) is 7.07. The van der Waals surface area contributed by atoms with Gasteiger partial charge in [-0.2, -0.15) is 0 Å². The number of piperidine rings is 3. The molecule has 15 rings (SSSR count). The Bertz CT molecular complexity index is 4040. The lowest BCUT2D eigenvalue weighted by Crippen LogP contribution is -2.52. The van der Waals surface area contributed by atoms with Crippen LogP contribution in [0, 0.1) is 0 Å². The van der Waals surface area contributed by atoms with Crippen LogP contribution in [0.4, 0.5) is 0 Å². The molecule has 6 saturated heterocycles. The lowest BCUT2D eigenvalue weighted by molar-refractivity contribution is -0.138. The molecule has 1 unspecified atom stereocenters. The standard InChI is InChI=1S/3C25H27N3O5/c3*29-23-9-8-21(24(30)26-23)28-15-20-19(25(28)31)2-1-3-22(20)33-16-18-6-4-17(5-7-18)14-27-10-12-32-13-11-27/h3*1-7,21H,8-16H2,(H,26,29,30)/t2*21-;/m10./s1/i3*14D2,21D. The molecule has 0 aliphatic carbocycles. The average Bonchev–Trinajstić information content (AvgIpc) is 1.63. The zero-order chi connectivity index (χ0) is 76.5. The first-order valence-electron chi connectivity index (χ1n) is 37.6. The highest BCUT2D eigenvalue weighted by Crippen LogP contribution is 2.37. The van der Waals surface area contributed by atoms with E-state index in [0.29, 0.717) is 146 Å². The number of benzene rings is 6. The number of hydrogen-bond donors (Lipinski definition) is 3. The summed E-state index contributed by atoms with van der Waals surface area (Å²) < 4.78 is 111. The van der Waals surface area contributed by atoms with E-state index in [4.69, 9.17) is 40.8 Å². The Labute approximate surface area is 586 Å². The van der Waals surface area contributed by atoms with E-state index in [0.717, 1.165) is 16.7 Å². The third-order valence-corrected chi connectivity index (χ3v) is 18.0. The summed E-state index contributed by atoms with van der Waals surface area (Å²) in [6.07, 6.45) is -0.178. The smallest absolute Gasteiger partial charge is 0.255 e. The number of rotatable bonds is 18. The molecule has 0 radical (unpaired) electrons. The van der Waals surface area contributed by atoms with Gasteiger partial charge in [0, 0.05) is 120 Å². The van der Waals surface area contributed by atoms with Gasteiger partial charge in [-0.15, -0.1) is 0 Å². The minimum Gasteiger partial charge on any atom is -0.489 e. The fourth-order valence-corrected chi connectivity index (χ4v) is 12.6. The van der Waals surface area contributed by atoms with Crippen molar-refractivity contribution in [2.24, 2.45) is 0 Å². The van der Waals surface area contributed by atoms with Crippen molar-refractivity contribution in [1.29, 1.82) is 0 Å². The quantitative estimate of drug-likeness (QED) is 0.0887. The molecule has 0 spiro atoms. The summed E-state index contributed by atoms with van der Waals surface area (Å²) in [6, 6.07) is 31.1. The number of amides is 9. The van der Waals surface area contributed by atoms with Gasteiger partial charge in [-0.05, 0) is 89.0 Å². The van der Waals surface area contributed by atoms with Crippen molar-refractivity contribution in [3.63, 3.8) is 0 Å². The van der Waals surface area contributed by atoms with E-state index in [1.807, 2.05) is 36.4 Å². The number of imide groups is 3. The van der Waals surface area contributed by atoms with E-state index in [1.165, 1.54) is 14.7 Å². The first-order valence-corrected chi connectivity index (χ1v) is 33.1. The Morgan fingerprint density at radius 3 is 0.869 bits per heavy atom. The lowest BCUT2D eigenvalue weighted by atomic mass is 10.0. The molecule has 24 heteroatoms. The van der Waals surface area contributed by atoms with Crippen LogP contribution in [0.15, 0.2) is 127 Å². The number of morpholine rings is 3. The van der Waals surface area contributed by atoms with Gasteiger partial charge in [-0.1, -0.05) is 91.0 Å². The van der Waals surface area contributed by atoms with Crippen molar-refractivity contribution >= 4 is 53.2 Å². The predicted octanol–water partition coefficient (Wildman–Crippen LogP) is 5.58. The summed E-state index contributed by atoms with van der Waals surface area (Å²) in [5, 5.41) is 6.49. The monoisotopic (exact) mass is 1360 g/mol. The van der Waals surface area contributed by atoms with Crippen molar-refractivity contribution in [2.75, 3.05) is 78.9 Å². The minimum absolute atomic E-state index is 0.00180. The second-order valence-electron chi connectivity index (χ2n) is 24.6. The third-order valence-electron chi connectivity index (χ3n) is 18.0. The van der Waals surface area contributed by atoms with Crippen LogP contribution in [0.5, 0.6) is 17.2 Å². The van der Waals surface area contributed by atoms with Crippen molar-refractivity contribution in [3.8, 4) is 17.2 Å². The zero-order valence-corrected chi connectivity index (χ0v) is 54.4. The van der Waals surface area contributed by atoms with E-state index in [-0.39, 0.29) is 78.0 Å². The maximum Gasteiger partial charge on any atom is 0.255 e. The van der Waals surface area contributed by atoms with Gasteiger partial charge in [0.25, 0.3) is 17.7 Å². The summed E-state index contributed by atoms with van der Waals surface area (Å²) in [5.74, 6) is -3.59. The molecule has 9 amide bonds. The number of fused-ring (bicyclic) bond motifs is 3. The SMILES string of the molecule is [2H]C([2H])(c1ccc(COc2cccc3c2CN([C@@]2([2H])CCC(=O)NC2=O)C3=O)cc1)N1CCOCC1.[2H]C([2H])(c1ccc(COc2cccc3c2CN([C@]2([2H])CCC(=O)NC2=O)C3=O)cc1)N1CCOCC1.[2H]C1(N2Cc3c(OCc4ccc(C([2H])([2H])N5CCOCC5)cc4)cccc3C2=O)CCC(=O)NC1=O. The molecule has 9 heterocycles. The predicted molar refractivity (Wildman–Crippen MR) is 358 cm³/mol. The van der Waals surface area contributed by atoms with Gasteiger partial charge in [0.1, 0.15) is 55.1 Å². The molecule has 24 nitrogen and oxygen atoms in total. The fourth-order valence-electron chi connectivity index (χ4n) is 12.6. The van der Waals surface area contributed by atoms with Crippen LogP contribution in [0.25, 0.3) is 0 Å². The highest BCUT2D eigenvalue weighted by molar-refractivity contribution is 6.08. The van der Waals surface area contributed by atoms with Crippen LogP contribution in [0.2, 0.25) is 0 Å². The van der Waals surface area contributed by atoms with Crippen molar-refractivity contribution in [3.05, 3.63) is 194 Å². The normalized spacial score (nSPS) is 25.2. The average molecular weight is 1360 g/mol. The van der Waals surface area contributed by atoms with Gasteiger partial charge in [-0.25, -0.2) is 0 Å². The summed E-state index contributed by atoms with van der Waals surface area (Å²) >= 11 is 0. The number of carbonyl (C=O) groups is 9. The van der Waals surface area contributed by atoms with Crippen LogP contribution in [-0.4, -0.2) is 180 Å². The summed E-state index contributed by atoms with van der Waals surface area (Å²) in [6.45, 7) is 2.16. The lowest BCUT2D eigenvalue weighted by Gasteiger charge is -2.29. The van der Waals surface area contributed by atoms with Gasteiger partial charge in [0.15, 0.2) is 0 Å². The van der Waals surface area contributed by atoms with Gasteiger partial charge in [-0.3, -0.25) is 73.8 Å². The molecule has 3 N–H and O–H groups in total. The molecular weight excluding hydrogens is 1270 g/mol. The van der Waals surface area contributed by atoms with Crippen molar-refractivity contribution < 1.29 is 83.9 Å². The maximum absolute atomic E-state index is 13.1. The Balaban J connectivity index is 0.000000143. The highest BCUT2D eigenvalue weighted by Gasteiger charge is 2.43. The Morgan fingerprint density at radius 1 is 0.364 bits per heavy atom. The Hall–Kier alpha value is -9.69. The Kier molecular flexibility index (Phi) is 18.2. The molecule has 0 bridgehead atoms. The highest BCUT2D eigenvalue weighted by atomic mass is 16.5. The largest absolute Gasteiger partial charge is 0.489 e. The first kappa shape index (κ1) is 57.2. The van der Waals surface area contributed by atoms with Crippen LogP contribution in [-0.2, 0) is 102 Å². The van der Waals surface area contributed by atoms with Crippen molar-refractivity contribution in [1.82, 2.24) is 45.3 Å². The molecule has 6 aromatic rings. The first-order chi connectivity index (χ1) is 51.6. The van der Waals surface area contributed by atoms with E-state index in [1.54, 1.807) is 106 Å². The second kappa shape index (κ2) is 31.4. The van der Waals surface area contributed by atoms with Crippen LogP contribution >= 0.6 is 0 Å². The fraction of sp³-hybridized carbons (Fsp3) is 0.400. The molecule has 9 aliphatic rings. The van der Waals surface area contributed by atoms with Crippen molar-refractivity contribution in [2.45, 2.75) is 116 Å². The van der Waals surface area contributed by atoms with E-state index < -0.39 is 90.7 Å². The van der Waals surface area contributed by atoms with Gasteiger partial charge < -0.3 is 43.1 Å². The topological polar surface area (TPSA) is 265 Å². The minimum atomic E-state index is -1.85. The molecule has 3 atom stereocenters. The van der Waals surface area contributed by atoms with Gasteiger partial charge in [0.05, 0.1) is 63.4 Å². The number of carbonyl (C=O) groups excluding carboxylic acids is 9. The molecule has 9 aliphatic heterocycles. The van der Waals surface area contributed by atoms with E-state index in [9.17, 15) is 43.2 Å². The van der Waals surface area contributed by atoms with Crippen LogP contribution in [0.3, 0.4) is 0 Å². The maximum atomic E-state index is 13.1. The van der Waals surface area contributed by atoms with E-state index >= 15 is 0 Å². The molecular formula is C75H81N9O15. The third kappa shape index (κ3) is 16.4. The number of nitrogens with zero attached hydrogens (tertiary/aromatic N) is 6. The summed E-state index contributed by atoms with van der Waals surface area (Å²) in [7, 11) is 0. The number of hydrogen-bond acceptors (Lipinski definition) is 18. The van der Waals surface area contributed by atoms with Crippen LogP contribution < -0.4 is 30.2 Å². The molecule has 99 heavy (non-hydrogen) atoms. The van der Waals surface area contributed by atoms with Gasteiger partial charge >= 0.3 is 0 Å². The molecule has 0 aromatic heterocycles. The number of nitrogens with one attached hydrogen (secondary N) is 3. The van der Waals surface area contributed by atoms with Gasteiger partial charge in [0.2, 0.25) is 35.4 Å². The molecule has 516 valence electrons. The molecule has 6 aromatic carbocycles. The van der Waals surface area contributed by atoms with Crippen LogP contribution in [0.1, 0.15) is 132 Å². The zero-order valence-electron chi connectivity index (χ0n) is 63.4. The molecule has 0 saturated carbocycles.